The number of unbranched alkanes of at least 4 members (excludes halogenated alkanes) is 33. The highest BCUT2D eigenvalue weighted by molar-refractivity contribution is 7.46. The van der Waals surface area contributed by atoms with E-state index in [1.54, 1.807) is 7.11 Å². The van der Waals surface area contributed by atoms with Crippen molar-refractivity contribution in [2.24, 2.45) is 0 Å². The van der Waals surface area contributed by atoms with Crippen LogP contribution >= 0.6 is 15.6 Å². The third kappa shape index (κ3) is 43.3. The minimum atomic E-state index is -5.22. The molecule has 2 aliphatic heterocycles. The van der Waals surface area contributed by atoms with Gasteiger partial charge >= 0.3 is 15.6 Å². The van der Waals surface area contributed by atoms with Gasteiger partial charge in [-0.1, -0.05) is 239 Å². The van der Waals surface area contributed by atoms with Crippen LogP contribution in [0.25, 0.3) is 0 Å². The Balaban J connectivity index is 2.45. The maximum Gasteiger partial charge on any atom is 0.470 e. The lowest BCUT2D eigenvalue weighted by atomic mass is 9.95. The molecule has 0 aromatic heterocycles. The molecule has 2 heterocycles. The van der Waals surface area contributed by atoms with Gasteiger partial charge in [0, 0.05) is 40.5 Å². The summed E-state index contributed by atoms with van der Waals surface area (Å²) < 4.78 is 91.8. The summed E-state index contributed by atoms with van der Waals surface area (Å²) in [6, 6.07) is -1.21. The average Bonchev–Trinajstić information content (AvgIpc) is 0.859. The Morgan fingerprint density at radius 2 is 0.911 bits per heavy atom. The SMILES string of the molecule is CCCCCCCC/C=C/CCCCCCCC(=O)N[C@H]1[C@H](OC[C@H]2O[C@@H](OCCOP(=O)(O)O)[C@H](OCCCCCCCCCCCC)[C@@H](OCCCCCCCCCCCC)[C@@H]2O)O[C@H](COC)[C@@H](OP(=O)(O)O)[C@@H]1OCC[C@@H](CCCCCCC)OC. The van der Waals surface area contributed by atoms with Gasteiger partial charge in [0.25, 0.3) is 0 Å². The molecule has 0 unspecified atom stereocenters. The van der Waals surface area contributed by atoms with E-state index < -0.39 is 83.6 Å². The van der Waals surface area contributed by atoms with Gasteiger partial charge in [-0.2, -0.15) is 0 Å². The number of phosphoric acid groups is 2. The highest BCUT2D eigenvalue weighted by atomic mass is 31.2. The first-order valence-electron chi connectivity index (χ1n) is 36.1. The molecule has 0 saturated carbocycles. The van der Waals surface area contributed by atoms with E-state index in [0.717, 1.165) is 128 Å². The highest BCUT2D eigenvalue weighted by Gasteiger charge is 2.53. The van der Waals surface area contributed by atoms with Gasteiger partial charge in [0.15, 0.2) is 12.6 Å². The third-order valence-corrected chi connectivity index (χ3v) is 18.3. The van der Waals surface area contributed by atoms with Crippen LogP contribution in [0.3, 0.4) is 0 Å². The molecule has 22 heteroatoms. The van der Waals surface area contributed by atoms with Crippen molar-refractivity contribution in [3.63, 3.8) is 0 Å². The lowest BCUT2D eigenvalue weighted by Gasteiger charge is -2.47. The van der Waals surface area contributed by atoms with Crippen molar-refractivity contribution in [3.05, 3.63) is 12.2 Å². The average molecular weight is 1330 g/mol. The van der Waals surface area contributed by atoms with E-state index in [1.165, 1.54) is 123 Å². The van der Waals surface area contributed by atoms with Gasteiger partial charge in [-0.05, 0) is 57.8 Å². The monoisotopic (exact) mass is 1330 g/mol. The van der Waals surface area contributed by atoms with Gasteiger partial charge in [0.1, 0.15) is 48.8 Å². The van der Waals surface area contributed by atoms with E-state index >= 15 is 0 Å². The number of carbonyl (C=O) groups excluding carboxylic acids is 1. The molecule has 1 amide bonds. The lowest BCUT2D eigenvalue weighted by molar-refractivity contribution is -0.331. The number of nitrogens with one attached hydrogen (secondary N) is 1. The topological polar surface area (TPSA) is 266 Å². The molecule has 2 rings (SSSR count). The molecule has 0 aromatic carbocycles. The second-order valence-corrected chi connectivity index (χ2v) is 27.7. The smallest absolute Gasteiger partial charge is 0.387 e. The second kappa shape index (κ2) is 56.1. The third-order valence-electron chi connectivity index (χ3n) is 17.2. The molecule has 2 fully saturated rings. The van der Waals surface area contributed by atoms with Crippen LogP contribution < -0.4 is 5.32 Å². The Bertz CT molecular complexity index is 1780. The lowest BCUT2D eigenvalue weighted by Crippen LogP contribution is -2.67. The zero-order valence-corrected chi connectivity index (χ0v) is 59.1. The standard InChI is InChI=1S/C68H133NO19P2/c1-7-11-15-19-22-25-28-29-30-31-32-33-36-40-44-48-60(70)69-61-64(82-52-49-57(79-6)47-43-39-18-14-10-4)63(88-90(75,76)77)59(55-78-5)87-67(61)84-56-58-62(71)65(80-50-45-41-37-34-26-23-20-16-12-8-2)66(68(86-58)83-53-54-85-89(72,73)74)81-51-46-42-38-35-27-24-21-17-13-9-3/h29-30,57-59,61-68,71H,7-28,31-56H2,1-6H3,(H,69,70)(H2,72,73,74)(H2,75,76,77)/b30-29+/t57-,58-,59-,61-,62-,63-,64-,65+,66-,67-,68-/m1/s1. The summed E-state index contributed by atoms with van der Waals surface area (Å²) in [4.78, 5) is 54.0. The van der Waals surface area contributed by atoms with Gasteiger partial charge in [-0.15, -0.1) is 0 Å². The first kappa shape index (κ1) is 85.1. The number of aliphatic hydroxyl groups is 1. The fourth-order valence-corrected chi connectivity index (χ4v) is 12.8. The quantitative estimate of drug-likeness (QED) is 0.0188. The molecule has 0 aromatic rings. The van der Waals surface area contributed by atoms with Gasteiger partial charge in [-0.25, -0.2) is 9.13 Å². The van der Waals surface area contributed by atoms with Gasteiger partial charge in [-0.3, -0.25) is 13.8 Å². The van der Waals surface area contributed by atoms with E-state index in [9.17, 15) is 38.6 Å². The summed E-state index contributed by atoms with van der Waals surface area (Å²) in [7, 11) is -6.99. The minimum Gasteiger partial charge on any atom is -0.387 e. The number of hydrogen-bond acceptors (Lipinski definition) is 15. The number of aliphatic hydroxyl groups excluding tert-OH is 1. The maximum atomic E-state index is 14.2. The van der Waals surface area contributed by atoms with Crippen molar-refractivity contribution >= 4 is 21.6 Å². The van der Waals surface area contributed by atoms with Crippen molar-refractivity contribution in [2.45, 2.75) is 358 Å². The summed E-state index contributed by atoms with van der Waals surface area (Å²) in [5.74, 6) is -0.354. The van der Waals surface area contributed by atoms with Crippen molar-refractivity contribution < 1.29 is 90.3 Å². The predicted octanol–water partition coefficient (Wildman–Crippen LogP) is 15.3. The molecule has 534 valence electrons. The zero-order valence-electron chi connectivity index (χ0n) is 57.3. The Morgan fingerprint density at radius 3 is 1.40 bits per heavy atom. The number of allylic oxidation sites excluding steroid dienone is 2. The normalized spacial score (nSPS) is 22.9. The molecule has 0 aliphatic carbocycles. The molecule has 2 aliphatic rings. The molecule has 6 N–H and O–H groups in total. The first-order valence-corrected chi connectivity index (χ1v) is 39.2. The number of carbonyl (C=O) groups is 1. The number of ether oxygens (including phenoxy) is 9. The summed E-state index contributed by atoms with van der Waals surface area (Å²) in [6.45, 7) is 8.17. The molecule has 0 radical (unpaired) electrons. The van der Waals surface area contributed by atoms with Crippen molar-refractivity contribution in [2.75, 3.05) is 60.5 Å². The van der Waals surface area contributed by atoms with Crippen LogP contribution in [0.5, 0.6) is 0 Å². The first-order chi connectivity index (χ1) is 43.6. The summed E-state index contributed by atoms with van der Waals surface area (Å²) in [6.07, 6.45) is 37.1. The molecule has 0 spiro atoms. The van der Waals surface area contributed by atoms with E-state index in [4.69, 9.17) is 51.7 Å². The van der Waals surface area contributed by atoms with Crippen molar-refractivity contribution in [3.8, 4) is 0 Å². The fourth-order valence-electron chi connectivity index (χ4n) is 11.9. The number of phosphoric ester groups is 2. The van der Waals surface area contributed by atoms with E-state index in [0.29, 0.717) is 26.1 Å². The van der Waals surface area contributed by atoms with Crippen LogP contribution in [0.4, 0.5) is 0 Å². The molecule has 0 bridgehead atoms. The van der Waals surface area contributed by atoms with Gasteiger partial charge in [0.05, 0.1) is 32.5 Å². The van der Waals surface area contributed by atoms with E-state index in [1.807, 2.05) is 0 Å². The van der Waals surface area contributed by atoms with E-state index in [-0.39, 0.29) is 44.9 Å². The summed E-state index contributed by atoms with van der Waals surface area (Å²) in [5, 5.41) is 15.5. The molecule has 20 nitrogen and oxygen atoms in total. The van der Waals surface area contributed by atoms with Crippen LogP contribution in [-0.2, 0) is 65.6 Å². The largest absolute Gasteiger partial charge is 0.470 e. The Morgan fingerprint density at radius 1 is 0.456 bits per heavy atom. The van der Waals surface area contributed by atoms with Crippen LogP contribution in [0.2, 0.25) is 0 Å². The maximum absolute atomic E-state index is 14.2. The van der Waals surface area contributed by atoms with Crippen LogP contribution in [-0.4, -0.2) is 159 Å². The van der Waals surface area contributed by atoms with E-state index in [2.05, 4.69) is 45.2 Å². The Labute approximate surface area is 546 Å². The van der Waals surface area contributed by atoms with Crippen LogP contribution in [0.15, 0.2) is 12.2 Å². The molecule has 11 atom stereocenters. The number of rotatable bonds is 63. The van der Waals surface area contributed by atoms with Crippen molar-refractivity contribution in [1.82, 2.24) is 5.32 Å². The Kier molecular flexibility index (Phi) is 53.0. The number of methoxy groups -OCH3 is 2. The zero-order chi connectivity index (χ0) is 65.8. The van der Waals surface area contributed by atoms with Gasteiger partial charge in [0.2, 0.25) is 5.91 Å². The fraction of sp³-hybridized carbons (Fsp3) is 0.956. The second-order valence-electron chi connectivity index (χ2n) is 25.3. The van der Waals surface area contributed by atoms with Gasteiger partial charge < -0.3 is 72.6 Å². The van der Waals surface area contributed by atoms with Crippen LogP contribution in [0, 0.1) is 0 Å². The summed E-state index contributed by atoms with van der Waals surface area (Å²) in [5.41, 5.74) is 0. The molecular formula is C68H133NO19P2. The predicted molar refractivity (Wildman–Crippen MR) is 355 cm³/mol. The number of hydrogen-bond donors (Lipinski definition) is 6. The number of amides is 1. The summed E-state index contributed by atoms with van der Waals surface area (Å²) >= 11 is 0. The Hall–Kier alpha value is -0.970. The highest BCUT2D eigenvalue weighted by Crippen LogP contribution is 2.43. The molecular weight excluding hydrogens is 1200 g/mol. The molecule has 2 saturated heterocycles. The van der Waals surface area contributed by atoms with Crippen molar-refractivity contribution in [1.29, 1.82) is 0 Å². The minimum absolute atomic E-state index is 0.0694. The van der Waals surface area contributed by atoms with Crippen LogP contribution in [0.1, 0.15) is 291 Å². The molecule has 90 heavy (non-hydrogen) atoms.